The highest BCUT2D eigenvalue weighted by atomic mass is 15.3. The lowest BCUT2D eigenvalue weighted by molar-refractivity contribution is 0.107. The SMILES string of the molecule is CC(C)(C)C1CCN(Cc2ccnn2-c2ccccc2)CC1. The Kier molecular flexibility index (Phi) is 4.34. The van der Waals surface area contributed by atoms with Crippen LogP contribution in [0.5, 0.6) is 0 Å². The van der Waals surface area contributed by atoms with Crippen molar-refractivity contribution in [2.24, 2.45) is 11.3 Å². The number of hydrogen-bond acceptors (Lipinski definition) is 2. The lowest BCUT2D eigenvalue weighted by Gasteiger charge is -2.38. The molecule has 3 rings (SSSR count). The zero-order valence-corrected chi connectivity index (χ0v) is 14.0. The van der Waals surface area contributed by atoms with Crippen LogP contribution in [0.1, 0.15) is 39.3 Å². The molecule has 3 heteroatoms. The van der Waals surface area contributed by atoms with E-state index >= 15 is 0 Å². The molecule has 118 valence electrons. The molecule has 3 nitrogen and oxygen atoms in total. The summed E-state index contributed by atoms with van der Waals surface area (Å²) in [5.74, 6) is 0.850. The predicted molar refractivity (Wildman–Crippen MR) is 91.0 cm³/mol. The van der Waals surface area contributed by atoms with Gasteiger partial charge >= 0.3 is 0 Å². The number of rotatable bonds is 3. The van der Waals surface area contributed by atoms with Crippen LogP contribution in [0.25, 0.3) is 5.69 Å². The minimum atomic E-state index is 0.442. The number of piperidine rings is 1. The van der Waals surface area contributed by atoms with E-state index in [2.05, 4.69) is 65.8 Å². The van der Waals surface area contributed by atoms with Crippen molar-refractivity contribution in [3.63, 3.8) is 0 Å². The van der Waals surface area contributed by atoms with Gasteiger partial charge in [0.15, 0.2) is 0 Å². The van der Waals surface area contributed by atoms with Crippen molar-refractivity contribution in [1.29, 1.82) is 0 Å². The molecule has 0 atom stereocenters. The molecule has 0 saturated carbocycles. The topological polar surface area (TPSA) is 21.1 Å². The quantitative estimate of drug-likeness (QED) is 0.849. The standard InChI is InChI=1S/C19H27N3/c1-19(2,3)16-10-13-21(14-11-16)15-18-9-12-20-22(18)17-7-5-4-6-8-17/h4-9,12,16H,10-11,13-15H2,1-3H3. The second-order valence-electron chi connectivity index (χ2n) is 7.49. The normalized spacial score (nSPS) is 17.8. The summed E-state index contributed by atoms with van der Waals surface area (Å²) in [5, 5.41) is 4.50. The first kappa shape index (κ1) is 15.3. The molecule has 0 spiro atoms. The molecule has 1 aromatic heterocycles. The average molecular weight is 297 g/mol. The molecular formula is C19H27N3. The Bertz CT molecular complexity index is 587. The summed E-state index contributed by atoms with van der Waals surface area (Å²) in [6.07, 6.45) is 4.52. The maximum atomic E-state index is 4.50. The van der Waals surface area contributed by atoms with E-state index in [9.17, 15) is 0 Å². The zero-order chi connectivity index (χ0) is 15.6. The molecule has 2 heterocycles. The van der Waals surface area contributed by atoms with E-state index in [-0.39, 0.29) is 0 Å². The monoisotopic (exact) mass is 297 g/mol. The van der Waals surface area contributed by atoms with E-state index in [1.807, 2.05) is 12.3 Å². The van der Waals surface area contributed by atoms with E-state index in [4.69, 9.17) is 0 Å². The van der Waals surface area contributed by atoms with Crippen molar-refractivity contribution in [2.45, 2.75) is 40.2 Å². The van der Waals surface area contributed by atoms with Gasteiger partial charge in [0.25, 0.3) is 0 Å². The fraction of sp³-hybridized carbons (Fsp3) is 0.526. The smallest absolute Gasteiger partial charge is 0.0649 e. The molecule has 0 radical (unpaired) electrons. The van der Waals surface area contributed by atoms with Crippen molar-refractivity contribution < 1.29 is 0 Å². The van der Waals surface area contributed by atoms with Crippen LogP contribution in [0.2, 0.25) is 0 Å². The summed E-state index contributed by atoms with van der Waals surface area (Å²) in [4.78, 5) is 2.57. The van der Waals surface area contributed by atoms with Crippen LogP contribution in [0.3, 0.4) is 0 Å². The van der Waals surface area contributed by atoms with Gasteiger partial charge in [0, 0.05) is 12.7 Å². The maximum absolute atomic E-state index is 4.50. The summed E-state index contributed by atoms with van der Waals surface area (Å²) in [7, 11) is 0. The van der Waals surface area contributed by atoms with Crippen LogP contribution in [-0.2, 0) is 6.54 Å². The van der Waals surface area contributed by atoms with Crippen molar-refractivity contribution in [1.82, 2.24) is 14.7 Å². The van der Waals surface area contributed by atoms with Gasteiger partial charge in [0.2, 0.25) is 0 Å². The Balaban J connectivity index is 1.65. The Morgan fingerprint density at radius 1 is 1.05 bits per heavy atom. The fourth-order valence-corrected chi connectivity index (χ4v) is 3.44. The lowest BCUT2D eigenvalue weighted by atomic mass is 9.75. The first-order valence-electron chi connectivity index (χ1n) is 8.35. The highest BCUT2D eigenvalue weighted by Crippen LogP contribution is 2.34. The van der Waals surface area contributed by atoms with Gasteiger partial charge in [-0.25, -0.2) is 4.68 Å². The molecule has 0 aliphatic carbocycles. The number of para-hydroxylation sites is 1. The number of nitrogens with zero attached hydrogens (tertiary/aromatic N) is 3. The number of hydrogen-bond donors (Lipinski definition) is 0. The van der Waals surface area contributed by atoms with Gasteiger partial charge in [0.05, 0.1) is 11.4 Å². The van der Waals surface area contributed by atoms with Crippen molar-refractivity contribution >= 4 is 0 Å². The van der Waals surface area contributed by atoms with E-state index in [1.165, 1.54) is 31.6 Å². The molecule has 1 aliphatic rings. The van der Waals surface area contributed by atoms with Crippen molar-refractivity contribution in [2.75, 3.05) is 13.1 Å². The van der Waals surface area contributed by atoms with Crippen LogP contribution in [0, 0.1) is 11.3 Å². The summed E-state index contributed by atoms with van der Waals surface area (Å²) in [5.41, 5.74) is 2.87. The van der Waals surface area contributed by atoms with E-state index in [0.717, 1.165) is 18.2 Å². The molecule has 1 aromatic carbocycles. The Morgan fingerprint density at radius 3 is 2.36 bits per heavy atom. The molecular weight excluding hydrogens is 270 g/mol. The number of benzene rings is 1. The molecule has 2 aromatic rings. The number of aromatic nitrogens is 2. The molecule has 1 aliphatic heterocycles. The Morgan fingerprint density at radius 2 is 1.73 bits per heavy atom. The molecule has 1 fully saturated rings. The maximum Gasteiger partial charge on any atom is 0.0649 e. The first-order chi connectivity index (χ1) is 10.5. The third-order valence-corrected chi connectivity index (χ3v) is 4.92. The van der Waals surface area contributed by atoms with E-state index < -0.39 is 0 Å². The number of likely N-dealkylation sites (tertiary alicyclic amines) is 1. The van der Waals surface area contributed by atoms with Crippen LogP contribution in [-0.4, -0.2) is 27.8 Å². The Labute approximate surface area is 133 Å². The van der Waals surface area contributed by atoms with Gasteiger partial charge < -0.3 is 0 Å². The van der Waals surface area contributed by atoms with Crippen LogP contribution >= 0.6 is 0 Å². The van der Waals surface area contributed by atoms with Crippen molar-refractivity contribution in [3.8, 4) is 5.69 Å². The van der Waals surface area contributed by atoms with Crippen LogP contribution < -0.4 is 0 Å². The molecule has 0 unspecified atom stereocenters. The van der Waals surface area contributed by atoms with Crippen molar-refractivity contribution in [3.05, 3.63) is 48.3 Å². The molecule has 22 heavy (non-hydrogen) atoms. The lowest BCUT2D eigenvalue weighted by Crippen LogP contribution is -2.37. The Hall–Kier alpha value is -1.61. The van der Waals surface area contributed by atoms with Crippen LogP contribution in [0.4, 0.5) is 0 Å². The second-order valence-corrected chi connectivity index (χ2v) is 7.49. The van der Waals surface area contributed by atoms with Gasteiger partial charge in [-0.05, 0) is 55.5 Å². The van der Waals surface area contributed by atoms with E-state index in [0.29, 0.717) is 5.41 Å². The first-order valence-corrected chi connectivity index (χ1v) is 8.35. The van der Waals surface area contributed by atoms with Gasteiger partial charge in [-0.3, -0.25) is 4.90 Å². The fourth-order valence-electron chi connectivity index (χ4n) is 3.44. The summed E-state index contributed by atoms with van der Waals surface area (Å²) < 4.78 is 2.07. The summed E-state index contributed by atoms with van der Waals surface area (Å²) in [6.45, 7) is 10.5. The molecule has 0 bridgehead atoms. The molecule has 0 amide bonds. The molecule has 1 saturated heterocycles. The van der Waals surface area contributed by atoms with Gasteiger partial charge in [-0.2, -0.15) is 5.10 Å². The minimum Gasteiger partial charge on any atom is -0.297 e. The second kappa shape index (κ2) is 6.25. The predicted octanol–water partition coefficient (Wildman–Crippen LogP) is 4.13. The van der Waals surface area contributed by atoms with Gasteiger partial charge in [0.1, 0.15) is 0 Å². The minimum absolute atomic E-state index is 0.442. The highest BCUT2D eigenvalue weighted by molar-refractivity contribution is 5.32. The third-order valence-electron chi connectivity index (χ3n) is 4.92. The third kappa shape index (κ3) is 3.41. The summed E-state index contributed by atoms with van der Waals surface area (Å²) in [6, 6.07) is 12.5. The molecule has 0 N–H and O–H groups in total. The highest BCUT2D eigenvalue weighted by Gasteiger charge is 2.28. The summed E-state index contributed by atoms with van der Waals surface area (Å²) >= 11 is 0. The van der Waals surface area contributed by atoms with E-state index in [1.54, 1.807) is 0 Å². The van der Waals surface area contributed by atoms with Gasteiger partial charge in [-0.15, -0.1) is 0 Å². The zero-order valence-electron chi connectivity index (χ0n) is 14.0. The largest absolute Gasteiger partial charge is 0.297 e. The van der Waals surface area contributed by atoms with Crippen LogP contribution in [0.15, 0.2) is 42.6 Å². The average Bonchev–Trinajstić information content (AvgIpc) is 2.96. The van der Waals surface area contributed by atoms with Gasteiger partial charge in [-0.1, -0.05) is 39.0 Å².